The molecular weight excluding hydrogens is 418 g/mol. The number of sulfone groups is 1. The number of carbonyl (C=O) groups excluding carboxylic acids is 3. The molecule has 31 heavy (non-hydrogen) atoms. The first-order valence-corrected chi connectivity index (χ1v) is 12.6. The fourth-order valence-electron chi connectivity index (χ4n) is 4.51. The Hall–Kier alpha value is -2.42. The number of benzene rings is 1. The predicted molar refractivity (Wildman–Crippen MR) is 115 cm³/mol. The van der Waals surface area contributed by atoms with Crippen LogP contribution in [0.2, 0.25) is 0 Å². The van der Waals surface area contributed by atoms with Crippen molar-refractivity contribution < 1.29 is 22.8 Å². The Morgan fingerprint density at radius 1 is 1.16 bits per heavy atom. The van der Waals surface area contributed by atoms with E-state index in [9.17, 15) is 22.8 Å². The molecule has 0 spiro atoms. The Morgan fingerprint density at radius 2 is 1.81 bits per heavy atom. The maximum Gasteiger partial charge on any atom is 0.325 e. The second-order valence-corrected chi connectivity index (χ2v) is 11.5. The number of hydrogen-bond donors (Lipinski definition) is 1. The van der Waals surface area contributed by atoms with Crippen molar-refractivity contribution in [2.24, 2.45) is 0 Å². The highest BCUT2D eigenvalue weighted by molar-refractivity contribution is 7.91. The third-order valence-corrected chi connectivity index (χ3v) is 8.30. The molecule has 2 saturated heterocycles. The third kappa shape index (κ3) is 4.07. The number of nitrogens with one attached hydrogen (secondary N) is 1. The Labute approximate surface area is 182 Å². The summed E-state index contributed by atoms with van der Waals surface area (Å²) in [5, 5.41) is 2.74. The highest BCUT2D eigenvalue weighted by Crippen LogP contribution is 2.34. The van der Waals surface area contributed by atoms with Crippen molar-refractivity contribution in [2.75, 3.05) is 18.1 Å². The molecule has 1 aromatic carbocycles. The molecule has 168 valence electrons. The summed E-state index contributed by atoms with van der Waals surface area (Å²) < 4.78 is 23.8. The fourth-order valence-corrected chi connectivity index (χ4v) is 6.22. The van der Waals surface area contributed by atoms with E-state index in [1.54, 1.807) is 11.8 Å². The zero-order chi connectivity index (χ0) is 22.6. The van der Waals surface area contributed by atoms with Gasteiger partial charge < -0.3 is 10.2 Å². The van der Waals surface area contributed by atoms with E-state index in [1.165, 1.54) is 0 Å². The normalized spacial score (nSPS) is 27.6. The van der Waals surface area contributed by atoms with Crippen LogP contribution in [0.5, 0.6) is 0 Å². The van der Waals surface area contributed by atoms with Gasteiger partial charge in [0.1, 0.15) is 12.1 Å². The van der Waals surface area contributed by atoms with E-state index in [0.29, 0.717) is 17.9 Å². The molecule has 4 amide bonds. The molecule has 8 nitrogen and oxygen atoms in total. The monoisotopic (exact) mass is 447 g/mol. The van der Waals surface area contributed by atoms with Gasteiger partial charge in [-0.15, -0.1) is 0 Å². The lowest BCUT2D eigenvalue weighted by atomic mass is 9.90. The van der Waals surface area contributed by atoms with Crippen LogP contribution in [0.15, 0.2) is 24.3 Å². The van der Waals surface area contributed by atoms with E-state index >= 15 is 0 Å². The molecular formula is C22H29N3O5S. The summed E-state index contributed by atoms with van der Waals surface area (Å²) in [5.74, 6) is -0.472. The molecule has 2 atom stereocenters. The summed E-state index contributed by atoms with van der Waals surface area (Å²) in [4.78, 5) is 41.5. The zero-order valence-corrected chi connectivity index (χ0v) is 18.9. The van der Waals surface area contributed by atoms with Crippen molar-refractivity contribution in [1.82, 2.24) is 15.1 Å². The molecule has 0 aromatic heterocycles. The van der Waals surface area contributed by atoms with Crippen LogP contribution in [0, 0.1) is 0 Å². The molecule has 3 aliphatic rings. The fraction of sp³-hybridized carbons (Fsp3) is 0.591. The van der Waals surface area contributed by atoms with E-state index in [1.807, 2.05) is 24.3 Å². The zero-order valence-electron chi connectivity index (χ0n) is 18.1. The summed E-state index contributed by atoms with van der Waals surface area (Å²) >= 11 is 0. The molecule has 0 radical (unpaired) electrons. The lowest BCUT2D eigenvalue weighted by Gasteiger charge is -2.30. The number of imide groups is 1. The Bertz CT molecular complexity index is 1020. The first-order valence-electron chi connectivity index (χ1n) is 10.8. The van der Waals surface area contributed by atoms with E-state index in [0.717, 1.165) is 23.3 Å². The van der Waals surface area contributed by atoms with Gasteiger partial charge in [0.05, 0.1) is 11.5 Å². The lowest BCUT2D eigenvalue weighted by molar-refractivity contribution is -0.140. The van der Waals surface area contributed by atoms with Crippen LogP contribution in [-0.4, -0.2) is 66.2 Å². The molecule has 1 saturated carbocycles. The molecule has 3 fully saturated rings. The minimum atomic E-state index is -3.15. The summed E-state index contributed by atoms with van der Waals surface area (Å²) in [6.45, 7) is 5.42. The van der Waals surface area contributed by atoms with Crippen LogP contribution < -0.4 is 5.32 Å². The van der Waals surface area contributed by atoms with Crippen molar-refractivity contribution in [3.05, 3.63) is 35.4 Å². The van der Waals surface area contributed by atoms with Gasteiger partial charge in [-0.1, -0.05) is 38.1 Å². The van der Waals surface area contributed by atoms with E-state index in [2.05, 4.69) is 19.2 Å². The van der Waals surface area contributed by atoms with Crippen molar-refractivity contribution in [1.29, 1.82) is 0 Å². The Balaban J connectivity index is 1.51. The van der Waals surface area contributed by atoms with Crippen LogP contribution in [0.3, 0.4) is 0 Å². The molecule has 1 aliphatic carbocycles. The average molecular weight is 448 g/mol. The molecule has 2 heterocycles. The van der Waals surface area contributed by atoms with Crippen LogP contribution >= 0.6 is 0 Å². The molecule has 1 aromatic rings. The van der Waals surface area contributed by atoms with Gasteiger partial charge in [-0.25, -0.2) is 13.2 Å². The number of rotatable bonds is 6. The number of carbonyl (C=O) groups is 3. The highest BCUT2D eigenvalue weighted by Gasteiger charge is 2.51. The average Bonchev–Trinajstić information content (AvgIpc) is 3.43. The molecule has 1 N–H and O–H groups in total. The van der Waals surface area contributed by atoms with Crippen molar-refractivity contribution in [3.8, 4) is 0 Å². The Kier molecular flexibility index (Phi) is 5.36. The van der Waals surface area contributed by atoms with Gasteiger partial charge in [-0.3, -0.25) is 14.5 Å². The van der Waals surface area contributed by atoms with E-state index in [-0.39, 0.29) is 36.0 Å². The molecule has 0 bridgehead atoms. The molecule has 2 unspecified atom stereocenters. The van der Waals surface area contributed by atoms with E-state index < -0.39 is 27.3 Å². The van der Waals surface area contributed by atoms with Gasteiger partial charge in [0.15, 0.2) is 9.84 Å². The second-order valence-electron chi connectivity index (χ2n) is 9.31. The van der Waals surface area contributed by atoms with Gasteiger partial charge in [-0.2, -0.15) is 0 Å². The van der Waals surface area contributed by atoms with Gasteiger partial charge in [0.2, 0.25) is 5.91 Å². The van der Waals surface area contributed by atoms with Crippen LogP contribution in [0.25, 0.3) is 0 Å². The van der Waals surface area contributed by atoms with Gasteiger partial charge >= 0.3 is 6.03 Å². The number of hydrogen-bond acceptors (Lipinski definition) is 5. The highest BCUT2D eigenvalue weighted by atomic mass is 32.2. The molecule has 9 heteroatoms. The van der Waals surface area contributed by atoms with Crippen molar-refractivity contribution in [2.45, 2.75) is 63.6 Å². The topological polar surface area (TPSA) is 104 Å². The van der Waals surface area contributed by atoms with Crippen LogP contribution in [0.1, 0.15) is 57.1 Å². The number of amides is 4. The van der Waals surface area contributed by atoms with Crippen LogP contribution in [0.4, 0.5) is 4.79 Å². The smallest absolute Gasteiger partial charge is 0.325 e. The Morgan fingerprint density at radius 3 is 2.32 bits per heavy atom. The van der Waals surface area contributed by atoms with Crippen molar-refractivity contribution in [3.63, 3.8) is 0 Å². The summed E-state index contributed by atoms with van der Waals surface area (Å²) in [5.41, 5.74) is 0.544. The van der Waals surface area contributed by atoms with Gasteiger partial charge in [0, 0.05) is 12.1 Å². The standard InChI is InChI=1S/C22H29N3O5S/c1-14(2)15-4-6-16(7-5-15)22(3)20(27)24(21(28)23-22)12-19(26)25(17-8-9-17)18-10-11-31(29,30)13-18/h4-7,14,17-18H,8-13H2,1-3H3,(H,23,28). The summed E-state index contributed by atoms with van der Waals surface area (Å²) in [6, 6.07) is 6.56. The maximum absolute atomic E-state index is 13.2. The minimum absolute atomic E-state index is 0.00141. The summed E-state index contributed by atoms with van der Waals surface area (Å²) in [7, 11) is -3.15. The first kappa shape index (κ1) is 21.8. The molecule has 4 rings (SSSR count). The number of urea groups is 1. The van der Waals surface area contributed by atoms with Crippen LogP contribution in [-0.2, 0) is 25.0 Å². The van der Waals surface area contributed by atoms with E-state index in [4.69, 9.17) is 0 Å². The van der Waals surface area contributed by atoms with Crippen molar-refractivity contribution >= 4 is 27.7 Å². The second kappa shape index (κ2) is 7.62. The van der Waals surface area contributed by atoms with Gasteiger partial charge in [-0.05, 0) is 43.2 Å². The first-order chi connectivity index (χ1) is 14.5. The largest absolute Gasteiger partial charge is 0.334 e. The SMILES string of the molecule is CC(C)c1ccc(C2(C)NC(=O)N(CC(=O)N(C3CC3)C3CCS(=O)(=O)C3)C2=O)cc1. The summed E-state index contributed by atoms with van der Waals surface area (Å²) in [6.07, 6.45) is 2.05. The minimum Gasteiger partial charge on any atom is -0.334 e. The van der Waals surface area contributed by atoms with Gasteiger partial charge in [0.25, 0.3) is 5.91 Å². The quantitative estimate of drug-likeness (QED) is 0.669. The maximum atomic E-state index is 13.2. The predicted octanol–water partition coefficient (Wildman–Crippen LogP) is 1.76. The lowest BCUT2D eigenvalue weighted by Crippen LogP contribution is -2.49. The number of nitrogens with zero attached hydrogens (tertiary/aromatic N) is 2. The third-order valence-electron chi connectivity index (χ3n) is 6.55. The molecule has 2 aliphatic heterocycles.